The van der Waals surface area contributed by atoms with Gasteiger partial charge < -0.3 is 15.4 Å². The lowest BCUT2D eigenvalue weighted by Gasteiger charge is -2.23. The van der Waals surface area contributed by atoms with E-state index in [0.717, 1.165) is 39.2 Å². The zero-order valence-corrected chi connectivity index (χ0v) is 10.6. The average Bonchev–Trinajstić information content (AvgIpc) is 2.78. The van der Waals surface area contributed by atoms with E-state index < -0.39 is 0 Å². The third-order valence-corrected chi connectivity index (χ3v) is 3.84. The van der Waals surface area contributed by atoms with Gasteiger partial charge in [0, 0.05) is 31.1 Å². The molecule has 3 nitrogen and oxygen atoms in total. The highest BCUT2D eigenvalue weighted by Gasteiger charge is 2.12. The van der Waals surface area contributed by atoms with E-state index in [-0.39, 0.29) is 0 Å². The molecule has 0 aromatic carbocycles. The molecular formula is C12H20N2OS. The van der Waals surface area contributed by atoms with Gasteiger partial charge in [0.2, 0.25) is 0 Å². The molecule has 0 spiro atoms. The molecule has 1 aromatic rings. The maximum Gasteiger partial charge on any atom is 0.0824 e. The van der Waals surface area contributed by atoms with Crippen molar-refractivity contribution in [2.75, 3.05) is 26.2 Å². The molecule has 1 atom stereocenters. The maximum absolute atomic E-state index is 5.63. The molecule has 1 unspecified atom stereocenters. The summed E-state index contributed by atoms with van der Waals surface area (Å²) in [6, 6.07) is 2.22. The van der Waals surface area contributed by atoms with Crippen LogP contribution < -0.4 is 10.6 Å². The molecule has 2 N–H and O–H groups in total. The third kappa shape index (κ3) is 3.28. The largest absolute Gasteiger partial charge is 0.374 e. The Kier molecular flexibility index (Phi) is 4.78. The summed E-state index contributed by atoms with van der Waals surface area (Å²) in [5, 5.41) is 8.99. The van der Waals surface area contributed by atoms with Gasteiger partial charge in [0.05, 0.1) is 12.7 Å². The van der Waals surface area contributed by atoms with Crippen molar-refractivity contribution in [2.24, 2.45) is 0 Å². The lowest BCUT2D eigenvalue weighted by molar-refractivity contribution is 0.0291. The van der Waals surface area contributed by atoms with Crippen LogP contribution in [0.25, 0.3) is 0 Å². The summed E-state index contributed by atoms with van der Waals surface area (Å²) in [5.41, 5.74) is 1.47. The molecule has 0 radical (unpaired) electrons. The Bertz CT molecular complexity index is 308. The molecule has 0 amide bonds. The van der Waals surface area contributed by atoms with Crippen molar-refractivity contribution in [2.45, 2.75) is 26.0 Å². The van der Waals surface area contributed by atoms with Gasteiger partial charge in [0.1, 0.15) is 0 Å². The first kappa shape index (κ1) is 12.0. The second kappa shape index (κ2) is 6.35. The Morgan fingerprint density at radius 1 is 1.62 bits per heavy atom. The minimum absolute atomic E-state index is 0.332. The second-order valence-corrected chi connectivity index (χ2v) is 5.05. The number of ether oxygens (including phenoxy) is 1. The average molecular weight is 240 g/mol. The van der Waals surface area contributed by atoms with E-state index in [2.05, 4.69) is 29.0 Å². The number of aryl methyl sites for hydroxylation is 1. The number of morpholine rings is 1. The van der Waals surface area contributed by atoms with Crippen molar-refractivity contribution in [1.29, 1.82) is 0 Å². The minimum atomic E-state index is 0.332. The van der Waals surface area contributed by atoms with E-state index in [1.165, 1.54) is 10.4 Å². The lowest BCUT2D eigenvalue weighted by Crippen LogP contribution is -2.43. The Morgan fingerprint density at radius 3 is 3.31 bits per heavy atom. The zero-order chi connectivity index (χ0) is 11.2. The maximum atomic E-state index is 5.63. The van der Waals surface area contributed by atoms with Gasteiger partial charge in [-0.25, -0.2) is 0 Å². The highest BCUT2D eigenvalue weighted by molar-refractivity contribution is 7.10. The molecule has 16 heavy (non-hydrogen) atoms. The zero-order valence-electron chi connectivity index (χ0n) is 9.79. The van der Waals surface area contributed by atoms with Crippen molar-refractivity contribution in [3.8, 4) is 0 Å². The van der Waals surface area contributed by atoms with E-state index in [0.29, 0.717) is 6.10 Å². The van der Waals surface area contributed by atoms with Gasteiger partial charge in [0.15, 0.2) is 0 Å². The summed E-state index contributed by atoms with van der Waals surface area (Å²) >= 11 is 1.84. The summed E-state index contributed by atoms with van der Waals surface area (Å²) in [7, 11) is 0. The third-order valence-electron chi connectivity index (χ3n) is 2.88. The standard InChI is InChI=1S/C12H20N2OS/c1-2-10-3-6-16-12(10)9-14-8-11-7-13-4-5-15-11/h3,6,11,13-14H,2,4-5,7-9H2,1H3. The monoisotopic (exact) mass is 240 g/mol. The van der Waals surface area contributed by atoms with E-state index in [1.54, 1.807) is 0 Å². The molecule has 0 aliphatic carbocycles. The van der Waals surface area contributed by atoms with Crippen LogP contribution in [0.3, 0.4) is 0 Å². The summed E-state index contributed by atoms with van der Waals surface area (Å²) in [5.74, 6) is 0. The van der Waals surface area contributed by atoms with E-state index >= 15 is 0 Å². The van der Waals surface area contributed by atoms with E-state index in [9.17, 15) is 0 Å². The lowest BCUT2D eigenvalue weighted by atomic mass is 10.2. The predicted octanol–water partition coefficient (Wildman–Crippen LogP) is 1.39. The second-order valence-electron chi connectivity index (χ2n) is 4.05. The van der Waals surface area contributed by atoms with Gasteiger partial charge >= 0.3 is 0 Å². The first-order chi connectivity index (χ1) is 7.90. The fraction of sp³-hybridized carbons (Fsp3) is 0.667. The van der Waals surface area contributed by atoms with E-state index in [1.807, 2.05) is 11.3 Å². The Morgan fingerprint density at radius 2 is 2.56 bits per heavy atom. The molecular weight excluding hydrogens is 220 g/mol. The number of rotatable bonds is 5. The van der Waals surface area contributed by atoms with Crippen LogP contribution >= 0.6 is 11.3 Å². The Hall–Kier alpha value is -0.420. The van der Waals surface area contributed by atoms with Gasteiger partial charge in [-0.2, -0.15) is 0 Å². The Balaban J connectivity index is 1.71. The molecule has 2 rings (SSSR count). The van der Waals surface area contributed by atoms with Gasteiger partial charge in [-0.3, -0.25) is 0 Å². The molecule has 1 saturated heterocycles. The molecule has 0 saturated carbocycles. The van der Waals surface area contributed by atoms with Crippen molar-refractivity contribution < 1.29 is 4.74 Å². The number of hydrogen-bond donors (Lipinski definition) is 2. The topological polar surface area (TPSA) is 33.3 Å². The fourth-order valence-corrected chi connectivity index (χ4v) is 2.88. The molecule has 0 bridgehead atoms. The molecule has 1 fully saturated rings. The van der Waals surface area contributed by atoms with Crippen molar-refractivity contribution in [3.05, 3.63) is 21.9 Å². The summed E-state index contributed by atoms with van der Waals surface area (Å²) in [6.07, 6.45) is 1.46. The summed E-state index contributed by atoms with van der Waals surface area (Å²) in [6.45, 7) is 6.92. The highest BCUT2D eigenvalue weighted by atomic mass is 32.1. The fourth-order valence-electron chi connectivity index (χ4n) is 1.93. The van der Waals surface area contributed by atoms with Crippen molar-refractivity contribution in [3.63, 3.8) is 0 Å². The summed E-state index contributed by atoms with van der Waals surface area (Å²) < 4.78 is 5.63. The van der Waals surface area contributed by atoms with Gasteiger partial charge in [0.25, 0.3) is 0 Å². The smallest absolute Gasteiger partial charge is 0.0824 e. The van der Waals surface area contributed by atoms with Crippen LogP contribution in [-0.2, 0) is 17.7 Å². The molecule has 4 heteroatoms. The Labute approximate surface area is 101 Å². The van der Waals surface area contributed by atoms with Crippen LogP contribution in [0, 0.1) is 0 Å². The highest BCUT2D eigenvalue weighted by Crippen LogP contribution is 2.16. The minimum Gasteiger partial charge on any atom is -0.374 e. The summed E-state index contributed by atoms with van der Waals surface area (Å²) in [4.78, 5) is 1.46. The number of nitrogens with one attached hydrogen (secondary N) is 2. The number of thiophene rings is 1. The predicted molar refractivity (Wildman–Crippen MR) is 68.0 cm³/mol. The molecule has 1 aromatic heterocycles. The van der Waals surface area contributed by atoms with Crippen LogP contribution in [0.5, 0.6) is 0 Å². The van der Waals surface area contributed by atoms with Gasteiger partial charge in [-0.1, -0.05) is 6.92 Å². The molecule has 2 heterocycles. The molecule has 90 valence electrons. The van der Waals surface area contributed by atoms with Gasteiger partial charge in [-0.05, 0) is 23.4 Å². The van der Waals surface area contributed by atoms with Crippen LogP contribution in [-0.4, -0.2) is 32.3 Å². The van der Waals surface area contributed by atoms with Crippen LogP contribution in [0.15, 0.2) is 11.4 Å². The quantitative estimate of drug-likeness (QED) is 0.816. The first-order valence-electron chi connectivity index (χ1n) is 5.98. The van der Waals surface area contributed by atoms with Crippen LogP contribution in [0.4, 0.5) is 0 Å². The van der Waals surface area contributed by atoms with Crippen LogP contribution in [0.2, 0.25) is 0 Å². The SMILES string of the molecule is CCc1ccsc1CNCC1CNCCO1. The molecule has 1 aliphatic heterocycles. The van der Waals surface area contributed by atoms with E-state index in [4.69, 9.17) is 4.74 Å². The molecule has 1 aliphatic rings. The first-order valence-corrected chi connectivity index (χ1v) is 6.86. The van der Waals surface area contributed by atoms with Crippen molar-refractivity contribution >= 4 is 11.3 Å². The van der Waals surface area contributed by atoms with Gasteiger partial charge in [-0.15, -0.1) is 11.3 Å². The normalized spacial score (nSPS) is 21.2. The number of hydrogen-bond acceptors (Lipinski definition) is 4. The van der Waals surface area contributed by atoms with Crippen molar-refractivity contribution in [1.82, 2.24) is 10.6 Å². The van der Waals surface area contributed by atoms with Crippen LogP contribution in [0.1, 0.15) is 17.4 Å².